The van der Waals surface area contributed by atoms with Crippen LogP contribution in [-0.4, -0.2) is 18.6 Å². The molecule has 0 atom stereocenters. The van der Waals surface area contributed by atoms with Gasteiger partial charge in [0.15, 0.2) is 0 Å². The number of aryl methyl sites for hydroxylation is 1. The maximum atomic E-state index is 12.4. The third-order valence-corrected chi connectivity index (χ3v) is 5.62. The van der Waals surface area contributed by atoms with Gasteiger partial charge in [0.25, 0.3) is 0 Å². The molecule has 1 heterocycles. The van der Waals surface area contributed by atoms with E-state index in [9.17, 15) is 4.79 Å². The molecule has 3 aromatic carbocycles. The number of fused-ring (bicyclic) bond motifs is 2. The number of carbonyl (C=O) groups is 1. The highest BCUT2D eigenvalue weighted by Gasteiger charge is 2.20. The smallest absolute Gasteiger partial charge is 0.244 e. The van der Waals surface area contributed by atoms with Crippen molar-refractivity contribution in [2.45, 2.75) is 40.7 Å². The molecular formula is C28H29NO3. The molecule has 4 rings (SSSR count). The SMILES string of the molecule is CCOc1c(/C(C)=C/C(=O)NC(C)C)cc2c(-c3cccc4ccccc34)coc2c1C. The Morgan fingerprint density at radius 3 is 2.59 bits per heavy atom. The Kier molecular flexibility index (Phi) is 6.04. The van der Waals surface area contributed by atoms with E-state index in [-0.39, 0.29) is 11.9 Å². The second-order valence-corrected chi connectivity index (χ2v) is 8.35. The van der Waals surface area contributed by atoms with Crippen molar-refractivity contribution >= 4 is 33.2 Å². The van der Waals surface area contributed by atoms with E-state index in [0.717, 1.165) is 44.5 Å². The van der Waals surface area contributed by atoms with E-state index in [1.807, 2.05) is 46.9 Å². The number of furan rings is 1. The Bertz CT molecular complexity index is 1320. The Labute approximate surface area is 188 Å². The van der Waals surface area contributed by atoms with Crippen molar-refractivity contribution in [3.05, 3.63) is 72.0 Å². The fraction of sp³-hybridized carbons (Fsp3) is 0.250. The second kappa shape index (κ2) is 8.91. The molecule has 0 aliphatic heterocycles. The van der Waals surface area contributed by atoms with Crippen LogP contribution in [0, 0.1) is 6.92 Å². The molecule has 164 valence electrons. The number of hydrogen-bond acceptors (Lipinski definition) is 3. The number of nitrogens with one attached hydrogen (secondary N) is 1. The van der Waals surface area contributed by atoms with Crippen molar-refractivity contribution in [1.29, 1.82) is 0 Å². The van der Waals surface area contributed by atoms with Crippen LogP contribution in [0.2, 0.25) is 0 Å². The zero-order valence-corrected chi connectivity index (χ0v) is 19.3. The third kappa shape index (κ3) is 4.01. The summed E-state index contributed by atoms with van der Waals surface area (Å²) in [5.41, 5.74) is 5.64. The lowest BCUT2D eigenvalue weighted by molar-refractivity contribution is -0.116. The predicted octanol–water partition coefficient (Wildman–Crippen LogP) is 6.89. The van der Waals surface area contributed by atoms with E-state index in [2.05, 4.69) is 47.8 Å². The van der Waals surface area contributed by atoms with Crippen molar-refractivity contribution in [2.75, 3.05) is 6.61 Å². The number of benzene rings is 3. The van der Waals surface area contributed by atoms with Crippen LogP contribution >= 0.6 is 0 Å². The third-order valence-electron chi connectivity index (χ3n) is 5.62. The summed E-state index contributed by atoms with van der Waals surface area (Å²) in [4.78, 5) is 12.4. The van der Waals surface area contributed by atoms with Crippen molar-refractivity contribution in [3.63, 3.8) is 0 Å². The molecule has 0 aliphatic carbocycles. The van der Waals surface area contributed by atoms with E-state index in [0.29, 0.717) is 6.61 Å². The van der Waals surface area contributed by atoms with Gasteiger partial charge in [0, 0.05) is 34.2 Å². The van der Waals surface area contributed by atoms with Crippen LogP contribution in [0.25, 0.3) is 38.4 Å². The average molecular weight is 428 g/mol. The minimum absolute atomic E-state index is 0.0777. The molecule has 4 heteroatoms. The van der Waals surface area contributed by atoms with Gasteiger partial charge in [-0.2, -0.15) is 0 Å². The summed E-state index contributed by atoms with van der Waals surface area (Å²) in [7, 11) is 0. The molecule has 0 saturated carbocycles. The first-order valence-corrected chi connectivity index (χ1v) is 11.1. The maximum absolute atomic E-state index is 12.4. The van der Waals surface area contributed by atoms with E-state index in [4.69, 9.17) is 9.15 Å². The molecule has 1 N–H and O–H groups in total. The number of ether oxygens (including phenoxy) is 1. The Balaban J connectivity index is 1.94. The summed E-state index contributed by atoms with van der Waals surface area (Å²) in [5, 5.41) is 6.29. The van der Waals surface area contributed by atoms with Crippen molar-refractivity contribution < 1.29 is 13.9 Å². The van der Waals surface area contributed by atoms with Crippen LogP contribution in [-0.2, 0) is 4.79 Å². The Hall–Kier alpha value is -3.53. The number of carbonyl (C=O) groups excluding carboxylic acids is 1. The Morgan fingerprint density at radius 2 is 1.84 bits per heavy atom. The molecule has 4 nitrogen and oxygen atoms in total. The van der Waals surface area contributed by atoms with Crippen LogP contribution < -0.4 is 10.1 Å². The molecule has 0 fully saturated rings. The van der Waals surface area contributed by atoms with Crippen molar-refractivity contribution in [3.8, 4) is 16.9 Å². The zero-order valence-electron chi connectivity index (χ0n) is 19.3. The summed E-state index contributed by atoms with van der Waals surface area (Å²) in [6.45, 7) is 10.3. The number of rotatable bonds is 6. The van der Waals surface area contributed by atoms with E-state index >= 15 is 0 Å². The summed E-state index contributed by atoms with van der Waals surface area (Å²) >= 11 is 0. The van der Waals surface area contributed by atoms with E-state index in [1.165, 1.54) is 10.8 Å². The predicted molar refractivity (Wildman–Crippen MR) is 132 cm³/mol. The molecule has 0 radical (unpaired) electrons. The van der Waals surface area contributed by atoms with E-state index < -0.39 is 0 Å². The molecule has 1 amide bonds. The number of allylic oxidation sites excluding steroid dienone is 1. The molecule has 32 heavy (non-hydrogen) atoms. The molecule has 0 saturated heterocycles. The fourth-order valence-corrected chi connectivity index (χ4v) is 4.21. The van der Waals surface area contributed by atoms with Gasteiger partial charge in [0.1, 0.15) is 11.3 Å². The van der Waals surface area contributed by atoms with Gasteiger partial charge in [-0.15, -0.1) is 0 Å². The molecule has 0 spiro atoms. The largest absolute Gasteiger partial charge is 0.493 e. The monoisotopic (exact) mass is 427 g/mol. The van der Waals surface area contributed by atoms with Crippen LogP contribution in [0.3, 0.4) is 0 Å². The lowest BCUT2D eigenvalue weighted by Crippen LogP contribution is -2.28. The van der Waals surface area contributed by atoms with Gasteiger partial charge in [-0.3, -0.25) is 4.79 Å². The van der Waals surface area contributed by atoms with Gasteiger partial charge in [0.2, 0.25) is 5.91 Å². The average Bonchev–Trinajstić information content (AvgIpc) is 3.18. The van der Waals surface area contributed by atoms with Gasteiger partial charge in [-0.05, 0) is 62.6 Å². The van der Waals surface area contributed by atoms with Crippen LogP contribution in [0.15, 0.2) is 65.3 Å². The zero-order chi connectivity index (χ0) is 22.8. The number of amides is 1. The molecule has 0 bridgehead atoms. The first kappa shape index (κ1) is 21.7. The summed E-state index contributed by atoms with van der Waals surface area (Å²) in [6.07, 6.45) is 3.46. The van der Waals surface area contributed by atoms with Crippen molar-refractivity contribution in [1.82, 2.24) is 5.32 Å². The highest BCUT2D eigenvalue weighted by molar-refractivity contribution is 6.07. The van der Waals surface area contributed by atoms with Gasteiger partial charge in [-0.25, -0.2) is 0 Å². The first-order valence-electron chi connectivity index (χ1n) is 11.1. The molecule has 1 aromatic heterocycles. The standard InChI is InChI=1S/C28H29NO3/c1-6-31-27-19(5)28-24(15-23(27)18(4)14-26(30)29-17(2)3)25(16-32-28)22-13-9-11-20-10-7-8-12-21(20)22/h7-17H,6H2,1-5H3,(H,29,30)/b18-14+. The quantitative estimate of drug-likeness (QED) is 0.341. The van der Waals surface area contributed by atoms with Gasteiger partial charge >= 0.3 is 0 Å². The van der Waals surface area contributed by atoms with Crippen molar-refractivity contribution in [2.24, 2.45) is 0 Å². The topological polar surface area (TPSA) is 51.5 Å². The highest BCUT2D eigenvalue weighted by Crippen LogP contribution is 2.42. The number of hydrogen-bond donors (Lipinski definition) is 1. The molecular weight excluding hydrogens is 398 g/mol. The molecule has 0 aliphatic rings. The first-order chi connectivity index (χ1) is 15.4. The summed E-state index contributed by atoms with van der Waals surface area (Å²) in [5.74, 6) is 0.643. The maximum Gasteiger partial charge on any atom is 0.244 e. The molecule has 4 aromatic rings. The lowest BCUT2D eigenvalue weighted by atomic mass is 9.94. The fourth-order valence-electron chi connectivity index (χ4n) is 4.21. The second-order valence-electron chi connectivity index (χ2n) is 8.35. The van der Waals surface area contributed by atoms with Crippen LogP contribution in [0.1, 0.15) is 38.8 Å². The Morgan fingerprint density at radius 1 is 1.09 bits per heavy atom. The van der Waals surface area contributed by atoms with Gasteiger partial charge < -0.3 is 14.5 Å². The van der Waals surface area contributed by atoms with E-state index in [1.54, 1.807) is 6.08 Å². The summed E-state index contributed by atoms with van der Waals surface area (Å²) < 4.78 is 12.1. The van der Waals surface area contributed by atoms with Gasteiger partial charge in [-0.1, -0.05) is 42.5 Å². The normalized spacial score (nSPS) is 12.0. The lowest BCUT2D eigenvalue weighted by Gasteiger charge is -2.15. The minimum Gasteiger partial charge on any atom is -0.493 e. The summed E-state index contributed by atoms with van der Waals surface area (Å²) in [6, 6.07) is 16.8. The van der Waals surface area contributed by atoms with Gasteiger partial charge in [0.05, 0.1) is 12.9 Å². The highest BCUT2D eigenvalue weighted by atomic mass is 16.5. The minimum atomic E-state index is -0.112. The van der Waals surface area contributed by atoms with Crippen LogP contribution in [0.4, 0.5) is 0 Å². The van der Waals surface area contributed by atoms with Crippen LogP contribution in [0.5, 0.6) is 5.75 Å². The molecule has 0 unspecified atom stereocenters.